The molecule has 6 N–H and O–H groups in total. The largest absolute Gasteiger partial charge is 0.416 e. The molecule has 14 nitrogen and oxygen atoms in total. The van der Waals surface area contributed by atoms with E-state index in [1.807, 2.05) is 36.0 Å². The van der Waals surface area contributed by atoms with Gasteiger partial charge < -0.3 is 31.9 Å². The van der Waals surface area contributed by atoms with E-state index in [0.717, 1.165) is 72.9 Å². The van der Waals surface area contributed by atoms with Gasteiger partial charge in [-0.3, -0.25) is 29.4 Å². The molecular formula is C62H57BrCl2F6N12O2. The van der Waals surface area contributed by atoms with Crippen molar-refractivity contribution in [1.29, 1.82) is 0 Å². The molecule has 440 valence electrons. The minimum atomic E-state index is -4.57. The average molecular weight is 1270 g/mol. The van der Waals surface area contributed by atoms with Crippen LogP contribution in [0, 0.1) is 38.0 Å². The molecule has 0 unspecified atom stereocenters. The van der Waals surface area contributed by atoms with Gasteiger partial charge in [0.15, 0.2) is 0 Å². The summed E-state index contributed by atoms with van der Waals surface area (Å²) >= 11 is 15.3. The number of hydrogen-bond donors (Lipinski definition) is 4. The molecule has 0 bridgehead atoms. The standard InChI is InChI=1S/C31H28ClF3N6O.C20H22BrF3N4O.C11H7ClN2/c1-19-20(5-8-26-27-14-24(32)6-3-21(27)16-38-29(26)36)13-23(17-37-19)30(42)39-25-7-4-22(28(15-25)31(33,34)35)18-41-11-9-40(2)10-12-41;1-13-18(21)9-15(11-25-13)19(29)26-16-4-3-14(17(10-16)20(22,23)24)12-28-7-5-27(2)6-8-28;1-2-9-10-5-8(12)4-3-7(10)6-14-11(9)13/h3-4,6-7,13-17H,9-12,18H2,1-2H3,(H2,36,38)(H,39,42);3-4,9-11H,5-8,12H2,1-2H3,(H,26,29);1,3-6H,(H2,13,14). The fourth-order valence-corrected chi connectivity index (χ4v) is 9.93. The maximum absolute atomic E-state index is 14.0. The number of fused-ring (bicyclic) bond motifs is 2. The van der Waals surface area contributed by atoms with Crippen molar-refractivity contribution >= 4 is 95.5 Å². The van der Waals surface area contributed by atoms with E-state index >= 15 is 0 Å². The molecule has 85 heavy (non-hydrogen) atoms. The molecule has 10 rings (SSSR count). The zero-order chi connectivity index (χ0) is 61.3. The van der Waals surface area contributed by atoms with Gasteiger partial charge in [-0.25, -0.2) is 9.97 Å². The van der Waals surface area contributed by atoms with E-state index < -0.39 is 35.3 Å². The molecule has 0 saturated carbocycles. The summed E-state index contributed by atoms with van der Waals surface area (Å²) < 4.78 is 83.6. The number of nitrogens with zero attached hydrogens (tertiary/aromatic N) is 8. The first-order chi connectivity index (χ1) is 40.3. The van der Waals surface area contributed by atoms with Crippen LogP contribution in [-0.4, -0.2) is 118 Å². The van der Waals surface area contributed by atoms with Crippen LogP contribution in [-0.2, 0) is 25.4 Å². The van der Waals surface area contributed by atoms with Crippen LogP contribution in [0.3, 0.4) is 0 Å². The summed E-state index contributed by atoms with van der Waals surface area (Å²) in [4.78, 5) is 50.3. The van der Waals surface area contributed by atoms with Gasteiger partial charge in [0.25, 0.3) is 11.8 Å². The Morgan fingerprint density at radius 3 is 1.47 bits per heavy atom. The molecule has 23 heteroatoms. The SMILES string of the molecule is C#Cc1c(N)ncc2ccc(Cl)cc12.Cc1ncc(C(=O)Nc2ccc(CN3CCN(C)CC3)c(C(F)(F)F)c2)cc1Br.Cc1ncc(C(=O)Nc2ccc(CN3CCN(C)CC3)c(C(F)(F)F)c2)cc1C#Cc1c(N)ncc2ccc(Cl)cc12. The molecule has 8 aromatic rings. The highest BCUT2D eigenvalue weighted by Gasteiger charge is 2.36. The Morgan fingerprint density at radius 1 is 0.588 bits per heavy atom. The maximum Gasteiger partial charge on any atom is 0.416 e. The number of alkyl halides is 6. The Hall–Kier alpha value is -7.86. The molecule has 2 aliphatic heterocycles. The smallest absolute Gasteiger partial charge is 0.383 e. The molecule has 6 heterocycles. The summed E-state index contributed by atoms with van der Waals surface area (Å²) in [5.41, 5.74) is 14.0. The van der Waals surface area contributed by atoms with Gasteiger partial charge >= 0.3 is 12.4 Å². The van der Waals surface area contributed by atoms with Gasteiger partial charge in [0.2, 0.25) is 0 Å². The lowest BCUT2D eigenvalue weighted by Crippen LogP contribution is -2.44. The number of likely N-dealkylation sites (N-methyl/N-ethyl adjacent to an activating group) is 2. The van der Waals surface area contributed by atoms with Gasteiger partial charge in [0.1, 0.15) is 11.6 Å². The summed E-state index contributed by atoms with van der Waals surface area (Å²) in [5, 5.41) is 9.63. The second-order valence-electron chi connectivity index (χ2n) is 20.3. The Balaban J connectivity index is 0.000000188. The number of pyridine rings is 4. The first-order valence-corrected chi connectivity index (χ1v) is 28.0. The number of terminal acetylenes is 1. The minimum absolute atomic E-state index is 0.0362. The van der Waals surface area contributed by atoms with E-state index in [-0.39, 0.29) is 52.5 Å². The summed E-state index contributed by atoms with van der Waals surface area (Å²) in [6.45, 7) is 10.0. The third-order valence-corrected chi connectivity index (χ3v) is 15.5. The molecular weight excluding hydrogens is 1210 g/mol. The number of anilines is 4. The number of nitrogens with one attached hydrogen (secondary N) is 2. The number of nitrogen functional groups attached to an aromatic ring is 2. The molecule has 0 spiro atoms. The van der Waals surface area contributed by atoms with E-state index in [9.17, 15) is 35.9 Å². The average Bonchev–Trinajstić information content (AvgIpc) is 3.57. The molecule has 0 atom stereocenters. The molecule has 4 aromatic carbocycles. The third kappa shape index (κ3) is 16.5. The van der Waals surface area contributed by atoms with Gasteiger partial charge in [0.05, 0.1) is 44.8 Å². The number of aromatic nitrogens is 4. The summed E-state index contributed by atoms with van der Waals surface area (Å²) in [6.07, 6.45) is 2.34. The van der Waals surface area contributed by atoms with Crippen LogP contribution >= 0.6 is 39.1 Å². The summed E-state index contributed by atoms with van der Waals surface area (Å²) in [6, 6.07) is 21.7. The molecule has 2 aliphatic rings. The minimum Gasteiger partial charge on any atom is -0.383 e. The first kappa shape index (κ1) is 63.2. The lowest BCUT2D eigenvalue weighted by molar-refractivity contribution is -0.139. The number of hydrogen-bond acceptors (Lipinski definition) is 12. The Labute approximate surface area is 506 Å². The molecule has 2 amide bonds. The number of benzene rings is 4. The maximum atomic E-state index is 14.0. The van der Waals surface area contributed by atoms with Gasteiger partial charge in [-0.15, -0.1) is 6.42 Å². The number of rotatable bonds is 8. The highest BCUT2D eigenvalue weighted by Crippen LogP contribution is 2.37. The van der Waals surface area contributed by atoms with E-state index in [1.54, 1.807) is 62.6 Å². The van der Waals surface area contributed by atoms with Gasteiger partial charge in [-0.05, 0) is 116 Å². The van der Waals surface area contributed by atoms with Crippen molar-refractivity contribution < 1.29 is 35.9 Å². The van der Waals surface area contributed by atoms with E-state index in [0.29, 0.717) is 61.5 Å². The second kappa shape index (κ2) is 27.5. The van der Waals surface area contributed by atoms with Crippen LogP contribution in [0.2, 0.25) is 10.0 Å². The van der Waals surface area contributed by atoms with Gasteiger partial charge in [-0.1, -0.05) is 65.2 Å². The highest BCUT2D eigenvalue weighted by atomic mass is 79.9. The van der Waals surface area contributed by atoms with Gasteiger partial charge in [0, 0.05) is 143 Å². The van der Waals surface area contributed by atoms with Crippen molar-refractivity contribution in [3.05, 3.63) is 186 Å². The van der Waals surface area contributed by atoms with Crippen molar-refractivity contribution in [3.63, 3.8) is 0 Å². The van der Waals surface area contributed by atoms with E-state index in [1.165, 1.54) is 36.7 Å². The van der Waals surface area contributed by atoms with Crippen LogP contribution in [0.4, 0.5) is 49.4 Å². The second-order valence-corrected chi connectivity index (χ2v) is 22.1. The fraction of sp³-hybridized carbons (Fsp3) is 0.258. The van der Waals surface area contributed by atoms with E-state index in [4.69, 9.17) is 41.1 Å². The Kier molecular flexibility index (Phi) is 20.4. The van der Waals surface area contributed by atoms with Crippen LogP contribution < -0.4 is 22.1 Å². The zero-order valence-corrected chi connectivity index (χ0v) is 49.6. The van der Waals surface area contributed by atoms with Crippen molar-refractivity contribution in [3.8, 4) is 24.2 Å². The Morgan fingerprint density at radius 2 is 1.02 bits per heavy atom. The van der Waals surface area contributed by atoms with Crippen LogP contribution in [0.15, 0.2) is 114 Å². The number of halogens is 9. The fourth-order valence-electron chi connectivity index (χ4n) is 9.24. The number of aryl methyl sites for hydroxylation is 2. The lowest BCUT2D eigenvalue weighted by Gasteiger charge is -2.33. The topological polar surface area (TPSA) is 175 Å². The van der Waals surface area contributed by atoms with Crippen molar-refractivity contribution in [2.45, 2.75) is 39.3 Å². The number of carbonyl (C=O) groups is 2. The zero-order valence-electron chi connectivity index (χ0n) is 46.5. The lowest BCUT2D eigenvalue weighted by atomic mass is 10.0. The predicted molar refractivity (Wildman–Crippen MR) is 326 cm³/mol. The number of nitrogens with two attached hydrogens (primary N) is 2. The molecule has 4 aromatic heterocycles. The van der Waals surface area contributed by atoms with Crippen molar-refractivity contribution in [2.75, 3.05) is 88.6 Å². The quantitative estimate of drug-likeness (QED) is 0.0838. The normalized spacial score (nSPS) is 14.3. The summed E-state index contributed by atoms with van der Waals surface area (Å²) in [5.74, 6) is 8.02. The number of amides is 2. The third-order valence-electron chi connectivity index (χ3n) is 14.2. The predicted octanol–water partition coefficient (Wildman–Crippen LogP) is 12.2. The number of carbonyl (C=O) groups excluding carboxylic acids is 2. The van der Waals surface area contributed by atoms with Crippen LogP contribution in [0.5, 0.6) is 0 Å². The van der Waals surface area contributed by atoms with E-state index in [2.05, 4.69) is 74.1 Å². The monoisotopic (exact) mass is 1260 g/mol. The van der Waals surface area contributed by atoms with Crippen LogP contribution in [0.1, 0.15) is 71.0 Å². The Bertz CT molecular complexity index is 3900. The van der Waals surface area contributed by atoms with Crippen molar-refractivity contribution in [1.82, 2.24) is 39.5 Å². The molecule has 2 saturated heterocycles. The molecule has 2 fully saturated rings. The first-order valence-electron chi connectivity index (χ1n) is 26.4. The van der Waals surface area contributed by atoms with Crippen molar-refractivity contribution in [2.24, 2.45) is 0 Å². The molecule has 0 radical (unpaired) electrons. The van der Waals surface area contributed by atoms with Crippen LogP contribution in [0.25, 0.3) is 21.5 Å². The highest BCUT2D eigenvalue weighted by molar-refractivity contribution is 9.10. The molecule has 0 aliphatic carbocycles. The summed E-state index contributed by atoms with van der Waals surface area (Å²) in [7, 11) is 3.99. The van der Waals surface area contributed by atoms with Gasteiger partial charge in [-0.2, -0.15) is 26.3 Å². The number of piperazine rings is 2.